The Labute approximate surface area is 118 Å². The van der Waals surface area contributed by atoms with E-state index in [0.717, 1.165) is 25.3 Å². The summed E-state index contributed by atoms with van der Waals surface area (Å²) in [6.07, 6.45) is 5.22. The Morgan fingerprint density at radius 3 is 2.65 bits per heavy atom. The molecule has 0 bridgehead atoms. The molecule has 1 saturated carbocycles. The van der Waals surface area contributed by atoms with Crippen LogP contribution in [-0.4, -0.2) is 36.9 Å². The van der Waals surface area contributed by atoms with Gasteiger partial charge in [-0.2, -0.15) is 4.31 Å². The van der Waals surface area contributed by atoms with E-state index in [-0.39, 0.29) is 10.9 Å². The topological polar surface area (TPSA) is 74.7 Å². The van der Waals surface area contributed by atoms with E-state index < -0.39 is 16.0 Å². The van der Waals surface area contributed by atoms with Crippen molar-refractivity contribution in [2.75, 3.05) is 7.05 Å². The molecule has 0 radical (unpaired) electrons. The maximum atomic E-state index is 12.4. The lowest BCUT2D eigenvalue weighted by atomic mass is 9.94. The summed E-state index contributed by atoms with van der Waals surface area (Å²) in [5.41, 5.74) is 0.551. The number of rotatable bonds is 5. The van der Waals surface area contributed by atoms with E-state index in [1.165, 1.54) is 22.5 Å². The molecule has 1 aromatic carbocycles. The van der Waals surface area contributed by atoms with Gasteiger partial charge in [-0.25, -0.2) is 13.2 Å². The second-order valence-electron chi connectivity index (χ2n) is 4.85. The van der Waals surface area contributed by atoms with Gasteiger partial charge in [0.1, 0.15) is 0 Å². The Hall–Kier alpha value is -1.66. The van der Waals surface area contributed by atoms with Crippen molar-refractivity contribution in [3.8, 4) is 0 Å². The molecule has 0 atom stereocenters. The predicted molar refractivity (Wildman–Crippen MR) is 75.7 cm³/mol. The first-order valence-electron chi connectivity index (χ1n) is 6.40. The highest BCUT2D eigenvalue weighted by Crippen LogP contribution is 2.28. The maximum Gasteiger partial charge on any atom is 0.328 e. The van der Waals surface area contributed by atoms with Crippen LogP contribution in [0.25, 0.3) is 6.08 Å². The van der Waals surface area contributed by atoms with Gasteiger partial charge in [-0.3, -0.25) is 0 Å². The second kappa shape index (κ2) is 5.76. The highest BCUT2D eigenvalue weighted by atomic mass is 32.2. The van der Waals surface area contributed by atoms with Crippen molar-refractivity contribution in [3.63, 3.8) is 0 Å². The largest absolute Gasteiger partial charge is 0.478 e. The van der Waals surface area contributed by atoms with Gasteiger partial charge >= 0.3 is 5.97 Å². The number of hydrogen-bond donors (Lipinski definition) is 1. The molecule has 0 saturated heterocycles. The van der Waals surface area contributed by atoms with Gasteiger partial charge in [0, 0.05) is 19.2 Å². The molecule has 20 heavy (non-hydrogen) atoms. The average molecular weight is 295 g/mol. The highest BCUT2D eigenvalue weighted by Gasteiger charge is 2.31. The van der Waals surface area contributed by atoms with Crippen molar-refractivity contribution < 1.29 is 18.3 Å². The number of aliphatic carboxylic acids is 1. The van der Waals surface area contributed by atoms with Crippen molar-refractivity contribution in [1.29, 1.82) is 0 Å². The monoisotopic (exact) mass is 295 g/mol. The van der Waals surface area contributed by atoms with Crippen LogP contribution in [0.3, 0.4) is 0 Å². The Morgan fingerprint density at radius 2 is 2.10 bits per heavy atom. The number of nitrogens with zero attached hydrogens (tertiary/aromatic N) is 1. The van der Waals surface area contributed by atoms with Gasteiger partial charge in [0.25, 0.3) is 0 Å². The van der Waals surface area contributed by atoms with E-state index in [9.17, 15) is 13.2 Å². The third kappa shape index (κ3) is 3.08. The van der Waals surface area contributed by atoms with Gasteiger partial charge < -0.3 is 5.11 Å². The van der Waals surface area contributed by atoms with Gasteiger partial charge in [0.2, 0.25) is 10.0 Å². The van der Waals surface area contributed by atoms with E-state index in [4.69, 9.17) is 5.11 Å². The predicted octanol–water partition coefficient (Wildman–Crippen LogP) is 1.96. The number of hydrogen-bond acceptors (Lipinski definition) is 3. The molecule has 0 spiro atoms. The van der Waals surface area contributed by atoms with Gasteiger partial charge in [0.05, 0.1) is 4.90 Å². The molecular weight excluding hydrogens is 278 g/mol. The van der Waals surface area contributed by atoms with Crippen LogP contribution in [0.4, 0.5) is 0 Å². The minimum absolute atomic E-state index is 0.0817. The molecule has 108 valence electrons. The molecule has 0 amide bonds. The van der Waals surface area contributed by atoms with Crippen LogP contribution in [0, 0.1) is 0 Å². The maximum absolute atomic E-state index is 12.4. The first kappa shape index (κ1) is 14.7. The molecule has 2 rings (SSSR count). The zero-order valence-electron chi connectivity index (χ0n) is 11.2. The molecule has 0 heterocycles. The first-order valence-corrected chi connectivity index (χ1v) is 7.84. The van der Waals surface area contributed by atoms with Crippen molar-refractivity contribution >= 4 is 22.1 Å². The fourth-order valence-electron chi connectivity index (χ4n) is 2.06. The third-order valence-corrected chi connectivity index (χ3v) is 5.45. The number of benzene rings is 1. The summed E-state index contributed by atoms with van der Waals surface area (Å²) in [5.74, 6) is -1.06. The van der Waals surface area contributed by atoms with Crippen LogP contribution in [0.15, 0.2) is 35.2 Å². The minimum Gasteiger partial charge on any atom is -0.478 e. The number of carboxylic acids is 1. The summed E-state index contributed by atoms with van der Waals surface area (Å²) >= 11 is 0. The summed E-state index contributed by atoms with van der Waals surface area (Å²) < 4.78 is 26.3. The van der Waals surface area contributed by atoms with Gasteiger partial charge in [-0.05, 0) is 36.6 Å². The Balaban J connectivity index is 2.27. The van der Waals surface area contributed by atoms with E-state index in [0.29, 0.717) is 5.56 Å². The molecule has 1 N–H and O–H groups in total. The summed E-state index contributed by atoms with van der Waals surface area (Å²) in [7, 11) is -1.91. The Morgan fingerprint density at radius 1 is 1.40 bits per heavy atom. The van der Waals surface area contributed by atoms with Crippen molar-refractivity contribution in [2.45, 2.75) is 30.2 Å². The molecule has 6 heteroatoms. The SMILES string of the molecule is CN(C1CCC1)S(=O)(=O)c1cccc(/C=C/C(=O)O)c1. The summed E-state index contributed by atoms with van der Waals surface area (Å²) in [5, 5.41) is 8.59. The van der Waals surface area contributed by atoms with Gasteiger partial charge in [0.15, 0.2) is 0 Å². The fraction of sp³-hybridized carbons (Fsp3) is 0.357. The molecule has 0 aliphatic heterocycles. The zero-order valence-corrected chi connectivity index (χ0v) is 12.0. The lowest BCUT2D eigenvalue weighted by Crippen LogP contribution is -2.41. The van der Waals surface area contributed by atoms with Gasteiger partial charge in [-0.15, -0.1) is 0 Å². The lowest BCUT2D eigenvalue weighted by Gasteiger charge is -2.33. The summed E-state index contributed by atoms with van der Waals surface area (Å²) in [4.78, 5) is 10.7. The summed E-state index contributed by atoms with van der Waals surface area (Å²) in [6.45, 7) is 0. The smallest absolute Gasteiger partial charge is 0.328 e. The Kier molecular flexibility index (Phi) is 4.25. The van der Waals surface area contributed by atoms with E-state index >= 15 is 0 Å². The zero-order chi connectivity index (χ0) is 14.8. The van der Waals surface area contributed by atoms with E-state index in [1.807, 2.05) is 0 Å². The van der Waals surface area contributed by atoms with E-state index in [2.05, 4.69) is 0 Å². The minimum atomic E-state index is -3.51. The molecule has 1 aromatic rings. The first-order chi connectivity index (χ1) is 9.41. The van der Waals surface area contributed by atoms with Gasteiger partial charge in [-0.1, -0.05) is 18.6 Å². The van der Waals surface area contributed by atoms with Crippen molar-refractivity contribution in [3.05, 3.63) is 35.9 Å². The van der Waals surface area contributed by atoms with Crippen LogP contribution >= 0.6 is 0 Å². The lowest BCUT2D eigenvalue weighted by molar-refractivity contribution is -0.131. The highest BCUT2D eigenvalue weighted by molar-refractivity contribution is 7.89. The fourth-order valence-corrected chi connectivity index (χ4v) is 3.53. The van der Waals surface area contributed by atoms with Crippen molar-refractivity contribution in [2.24, 2.45) is 0 Å². The molecule has 0 aromatic heterocycles. The van der Waals surface area contributed by atoms with Crippen LogP contribution in [0.1, 0.15) is 24.8 Å². The number of carboxylic acid groups (broad SMARTS) is 1. The number of carbonyl (C=O) groups is 1. The molecule has 1 fully saturated rings. The molecule has 1 aliphatic carbocycles. The molecule has 1 aliphatic rings. The number of sulfonamides is 1. The molecule has 0 unspecified atom stereocenters. The van der Waals surface area contributed by atoms with Crippen LogP contribution in [0.5, 0.6) is 0 Å². The van der Waals surface area contributed by atoms with Crippen LogP contribution < -0.4 is 0 Å². The molecular formula is C14H17NO4S. The standard InChI is InChI=1S/C14H17NO4S/c1-15(12-5-3-6-12)20(18,19)13-7-2-4-11(10-13)8-9-14(16)17/h2,4,7-10,12H,3,5-6H2,1H3,(H,16,17)/b9-8+. The molecule has 5 nitrogen and oxygen atoms in total. The second-order valence-corrected chi connectivity index (χ2v) is 6.85. The average Bonchev–Trinajstić information content (AvgIpc) is 2.34. The quantitative estimate of drug-likeness (QED) is 0.843. The van der Waals surface area contributed by atoms with Crippen LogP contribution in [0.2, 0.25) is 0 Å². The Bertz CT molecular complexity index is 632. The van der Waals surface area contributed by atoms with Crippen molar-refractivity contribution in [1.82, 2.24) is 4.31 Å². The third-order valence-electron chi connectivity index (χ3n) is 3.54. The van der Waals surface area contributed by atoms with Crippen LogP contribution in [-0.2, 0) is 14.8 Å². The normalized spacial score (nSPS) is 16.5. The summed E-state index contributed by atoms with van der Waals surface area (Å²) in [6, 6.07) is 6.38. The van der Waals surface area contributed by atoms with E-state index in [1.54, 1.807) is 19.2 Å².